The average Bonchev–Trinajstić information content (AvgIpc) is 3.19. The molecule has 0 N–H and O–H groups in total. The third kappa shape index (κ3) is 3.42. The SMILES string of the molecule is COc1cc2c(cc1Br)-c1c(c(C(=O)N3CCOCC3(C)C)nn1-c1ccncc1)CC2. The summed E-state index contributed by atoms with van der Waals surface area (Å²) in [5, 5.41) is 4.88. The van der Waals surface area contributed by atoms with Crippen LogP contribution in [-0.4, -0.2) is 58.0 Å². The van der Waals surface area contributed by atoms with Crippen molar-refractivity contribution in [3.05, 3.63) is 58.0 Å². The Hall–Kier alpha value is -2.71. The number of aryl methyl sites for hydroxylation is 1. The second kappa shape index (κ2) is 8.01. The second-order valence-electron chi connectivity index (χ2n) is 8.76. The molecule has 3 heterocycles. The van der Waals surface area contributed by atoms with Crippen molar-refractivity contribution in [3.63, 3.8) is 0 Å². The lowest BCUT2D eigenvalue weighted by atomic mass is 9.88. The highest BCUT2D eigenvalue weighted by Crippen LogP contribution is 2.42. The smallest absolute Gasteiger partial charge is 0.275 e. The molecule has 1 aromatic carbocycles. The van der Waals surface area contributed by atoms with E-state index >= 15 is 0 Å². The van der Waals surface area contributed by atoms with E-state index in [0.29, 0.717) is 25.5 Å². The average molecular weight is 497 g/mol. The number of carbonyl (C=O) groups is 1. The number of amides is 1. The molecule has 0 spiro atoms. The highest BCUT2D eigenvalue weighted by atomic mass is 79.9. The largest absolute Gasteiger partial charge is 0.496 e. The number of benzene rings is 1. The topological polar surface area (TPSA) is 69.5 Å². The molecule has 1 fully saturated rings. The second-order valence-corrected chi connectivity index (χ2v) is 9.61. The van der Waals surface area contributed by atoms with Crippen LogP contribution in [0.5, 0.6) is 5.75 Å². The number of nitrogens with zero attached hydrogens (tertiary/aromatic N) is 4. The molecule has 32 heavy (non-hydrogen) atoms. The van der Waals surface area contributed by atoms with E-state index in [9.17, 15) is 4.79 Å². The molecular weight excluding hydrogens is 472 g/mol. The number of hydrogen-bond acceptors (Lipinski definition) is 5. The molecule has 0 bridgehead atoms. The zero-order chi connectivity index (χ0) is 22.5. The molecule has 0 saturated carbocycles. The van der Waals surface area contributed by atoms with Gasteiger partial charge < -0.3 is 14.4 Å². The Morgan fingerprint density at radius 2 is 2.00 bits per heavy atom. The van der Waals surface area contributed by atoms with Crippen LogP contribution in [0.2, 0.25) is 0 Å². The molecule has 7 nitrogen and oxygen atoms in total. The summed E-state index contributed by atoms with van der Waals surface area (Å²) in [4.78, 5) is 19.8. The standard InChI is InChI=1S/C24H25BrN4O3/c1-24(2)14-32-11-10-28(24)23(30)21-17-5-4-15-12-20(31-3)19(25)13-18(15)22(17)29(27-21)16-6-8-26-9-7-16/h6-9,12-13H,4-5,10-11,14H2,1-3H3. The van der Waals surface area contributed by atoms with Crippen LogP contribution < -0.4 is 4.74 Å². The first kappa shape index (κ1) is 21.2. The number of halogens is 1. The number of rotatable bonds is 3. The van der Waals surface area contributed by atoms with Crippen LogP contribution in [0.4, 0.5) is 0 Å². The van der Waals surface area contributed by atoms with Crippen LogP contribution in [0.15, 0.2) is 41.1 Å². The minimum atomic E-state index is -0.383. The van der Waals surface area contributed by atoms with Crippen molar-refractivity contribution in [3.8, 4) is 22.7 Å². The van der Waals surface area contributed by atoms with Gasteiger partial charge in [-0.3, -0.25) is 9.78 Å². The molecule has 8 heteroatoms. The minimum absolute atomic E-state index is 0.0432. The van der Waals surface area contributed by atoms with E-state index in [1.165, 1.54) is 5.56 Å². The van der Waals surface area contributed by atoms with Crippen LogP contribution >= 0.6 is 15.9 Å². The molecule has 5 rings (SSSR count). The lowest BCUT2D eigenvalue weighted by molar-refractivity contribution is -0.0373. The minimum Gasteiger partial charge on any atom is -0.496 e. The van der Waals surface area contributed by atoms with E-state index in [1.807, 2.05) is 35.6 Å². The van der Waals surface area contributed by atoms with E-state index in [1.54, 1.807) is 19.5 Å². The summed E-state index contributed by atoms with van der Waals surface area (Å²) in [5.41, 5.74) is 5.18. The van der Waals surface area contributed by atoms with Crippen molar-refractivity contribution in [1.29, 1.82) is 0 Å². The number of hydrogen-bond donors (Lipinski definition) is 0. The number of ether oxygens (including phenoxy) is 2. The van der Waals surface area contributed by atoms with E-state index in [-0.39, 0.29) is 11.4 Å². The van der Waals surface area contributed by atoms with Crippen LogP contribution in [0.3, 0.4) is 0 Å². The third-order valence-electron chi connectivity index (χ3n) is 6.26. The quantitative estimate of drug-likeness (QED) is 0.546. The summed E-state index contributed by atoms with van der Waals surface area (Å²) in [5.74, 6) is 0.756. The zero-order valence-electron chi connectivity index (χ0n) is 18.4. The molecule has 2 aliphatic rings. The van der Waals surface area contributed by atoms with Gasteiger partial charge in [0.2, 0.25) is 0 Å². The number of morpholine rings is 1. The molecule has 2 aromatic heterocycles. The Morgan fingerprint density at radius 1 is 1.22 bits per heavy atom. The Labute approximate surface area is 195 Å². The monoisotopic (exact) mass is 496 g/mol. The van der Waals surface area contributed by atoms with Gasteiger partial charge in [-0.2, -0.15) is 5.10 Å². The Morgan fingerprint density at radius 3 is 2.72 bits per heavy atom. The van der Waals surface area contributed by atoms with Crippen LogP contribution in [0, 0.1) is 0 Å². The predicted molar refractivity (Wildman–Crippen MR) is 124 cm³/mol. The fourth-order valence-corrected chi connectivity index (χ4v) is 5.11. The Bertz CT molecular complexity index is 1190. The van der Waals surface area contributed by atoms with Crippen molar-refractivity contribution in [1.82, 2.24) is 19.7 Å². The summed E-state index contributed by atoms with van der Waals surface area (Å²) in [6, 6.07) is 7.96. The van der Waals surface area contributed by atoms with Gasteiger partial charge in [0.05, 0.1) is 41.7 Å². The van der Waals surface area contributed by atoms with Crippen molar-refractivity contribution < 1.29 is 14.3 Å². The van der Waals surface area contributed by atoms with E-state index < -0.39 is 0 Å². The summed E-state index contributed by atoms with van der Waals surface area (Å²) in [7, 11) is 1.67. The van der Waals surface area contributed by atoms with Gasteiger partial charge >= 0.3 is 0 Å². The maximum absolute atomic E-state index is 13.8. The van der Waals surface area contributed by atoms with Gasteiger partial charge in [-0.1, -0.05) is 0 Å². The number of fused-ring (bicyclic) bond motifs is 3. The molecule has 1 aliphatic heterocycles. The lowest BCUT2D eigenvalue weighted by Gasteiger charge is -2.41. The van der Waals surface area contributed by atoms with Crippen molar-refractivity contribution >= 4 is 21.8 Å². The fraction of sp³-hybridized carbons (Fsp3) is 0.375. The molecular formula is C24H25BrN4O3. The van der Waals surface area contributed by atoms with Gasteiger partial charge in [0.15, 0.2) is 5.69 Å². The molecule has 1 amide bonds. The molecule has 0 unspecified atom stereocenters. The van der Waals surface area contributed by atoms with E-state index in [0.717, 1.165) is 45.6 Å². The van der Waals surface area contributed by atoms with Gasteiger partial charge in [-0.25, -0.2) is 4.68 Å². The first-order valence-corrected chi connectivity index (χ1v) is 11.5. The van der Waals surface area contributed by atoms with Crippen molar-refractivity contribution in [2.75, 3.05) is 26.9 Å². The number of methoxy groups -OCH3 is 1. The fourth-order valence-electron chi connectivity index (χ4n) is 4.61. The molecule has 1 saturated heterocycles. The van der Waals surface area contributed by atoms with Gasteiger partial charge in [-0.15, -0.1) is 0 Å². The highest BCUT2D eigenvalue weighted by Gasteiger charge is 2.38. The normalized spacial score (nSPS) is 16.9. The first-order valence-electron chi connectivity index (χ1n) is 10.7. The van der Waals surface area contributed by atoms with E-state index in [2.05, 4.69) is 33.0 Å². The van der Waals surface area contributed by atoms with Gasteiger partial charge in [0.1, 0.15) is 5.75 Å². The van der Waals surface area contributed by atoms with Crippen LogP contribution in [-0.2, 0) is 17.6 Å². The number of aromatic nitrogens is 3. The van der Waals surface area contributed by atoms with Crippen LogP contribution in [0.1, 0.15) is 35.5 Å². The Balaban J connectivity index is 1.70. The predicted octanol–water partition coefficient (Wildman–Crippen LogP) is 4.06. The summed E-state index contributed by atoms with van der Waals surface area (Å²) >= 11 is 3.63. The summed E-state index contributed by atoms with van der Waals surface area (Å²) < 4.78 is 13.9. The summed E-state index contributed by atoms with van der Waals surface area (Å²) in [6.45, 7) is 5.69. The molecule has 1 aliphatic carbocycles. The van der Waals surface area contributed by atoms with Crippen molar-refractivity contribution in [2.45, 2.75) is 32.2 Å². The summed E-state index contributed by atoms with van der Waals surface area (Å²) in [6.07, 6.45) is 5.04. The van der Waals surface area contributed by atoms with Gasteiger partial charge in [-0.05, 0) is 72.4 Å². The first-order chi connectivity index (χ1) is 15.4. The number of pyridine rings is 1. The lowest BCUT2D eigenvalue weighted by Crippen LogP contribution is -2.55. The van der Waals surface area contributed by atoms with Crippen LogP contribution in [0.25, 0.3) is 16.9 Å². The zero-order valence-corrected chi connectivity index (χ0v) is 20.0. The van der Waals surface area contributed by atoms with Gasteiger partial charge in [0.25, 0.3) is 5.91 Å². The highest BCUT2D eigenvalue weighted by molar-refractivity contribution is 9.10. The third-order valence-corrected chi connectivity index (χ3v) is 6.88. The Kier molecular flexibility index (Phi) is 5.29. The molecule has 0 atom stereocenters. The maximum Gasteiger partial charge on any atom is 0.275 e. The van der Waals surface area contributed by atoms with E-state index in [4.69, 9.17) is 14.6 Å². The molecule has 3 aromatic rings. The number of carbonyl (C=O) groups excluding carboxylic acids is 1. The molecule has 166 valence electrons. The molecule has 0 radical (unpaired) electrons. The van der Waals surface area contributed by atoms with Crippen molar-refractivity contribution in [2.24, 2.45) is 0 Å². The van der Waals surface area contributed by atoms with Gasteiger partial charge in [0, 0.05) is 30.1 Å². The maximum atomic E-state index is 13.8.